The number of nitrogens with zero attached hydrogens (tertiary/aromatic N) is 1. The average molecular weight is 1080 g/mol. The van der Waals surface area contributed by atoms with Crippen LogP contribution in [0.3, 0.4) is 0 Å². The highest BCUT2D eigenvalue weighted by molar-refractivity contribution is 7.47. The summed E-state index contributed by atoms with van der Waals surface area (Å²) in [4.78, 5) is 35.7. The first kappa shape index (κ1) is 72.2. The van der Waals surface area contributed by atoms with Crippen LogP contribution in [0.5, 0.6) is 0 Å². The number of phosphoric ester groups is 1. The van der Waals surface area contributed by atoms with Crippen molar-refractivity contribution in [3.8, 4) is 0 Å². The molecule has 0 fully saturated rings. The van der Waals surface area contributed by atoms with E-state index in [1.807, 2.05) is 21.1 Å². The van der Waals surface area contributed by atoms with E-state index in [4.69, 9.17) is 18.5 Å². The van der Waals surface area contributed by atoms with Gasteiger partial charge < -0.3 is 18.9 Å². The van der Waals surface area contributed by atoms with Crippen LogP contribution in [0.2, 0.25) is 0 Å². The number of allylic oxidation sites excluding steroid dienone is 22. The van der Waals surface area contributed by atoms with Crippen molar-refractivity contribution in [3.63, 3.8) is 0 Å². The minimum absolute atomic E-state index is 0.0166. The molecule has 0 saturated heterocycles. The van der Waals surface area contributed by atoms with Crippen LogP contribution in [0, 0.1) is 0 Å². The number of quaternary nitrogens is 1. The zero-order valence-electron chi connectivity index (χ0n) is 48.9. The maximum absolute atomic E-state index is 12.8. The molecule has 0 spiro atoms. The van der Waals surface area contributed by atoms with Gasteiger partial charge in [-0.1, -0.05) is 225 Å². The molecule has 9 nitrogen and oxygen atoms in total. The van der Waals surface area contributed by atoms with Gasteiger partial charge in [0, 0.05) is 12.8 Å². The largest absolute Gasteiger partial charge is 0.472 e. The summed E-state index contributed by atoms with van der Waals surface area (Å²) in [5.74, 6) is -0.849. The molecular formula is C66H111NO8P+. The van der Waals surface area contributed by atoms with Gasteiger partial charge in [-0.25, -0.2) is 4.57 Å². The lowest BCUT2D eigenvalue weighted by atomic mass is 10.1. The fourth-order valence-corrected chi connectivity index (χ4v) is 8.31. The first-order valence-corrected chi connectivity index (χ1v) is 31.4. The Morgan fingerprint density at radius 1 is 0.421 bits per heavy atom. The molecule has 0 aromatic heterocycles. The van der Waals surface area contributed by atoms with Crippen LogP contribution < -0.4 is 0 Å². The summed E-state index contributed by atoms with van der Waals surface area (Å²) in [6.45, 7) is 4.25. The van der Waals surface area contributed by atoms with E-state index in [0.29, 0.717) is 17.4 Å². The Labute approximate surface area is 466 Å². The van der Waals surface area contributed by atoms with Crippen LogP contribution in [0.25, 0.3) is 0 Å². The monoisotopic (exact) mass is 1080 g/mol. The molecule has 2 atom stereocenters. The van der Waals surface area contributed by atoms with Crippen LogP contribution in [-0.4, -0.2) is 74.9 Å². The highest BCUT2D eigenvalue weighted by Crippen LogP contribution is 2.43. The Kier molecular flexibility index (Phi) is 53.1. The van der Waals surface area contributed by atoms with Crippen molar-refractivity contribution in [1.29, 1.82) is 0 Å². The van der Waals surface area contributed by atoms with Crippen LogP contribution in [0.1, 0.15) is 219 Å². The number of phosphoric acid groups is 1. The van der Waals surface area contributed by atoms with E-state index in [1.54, 1.807) is 0 Å². The Bertz CT molecular complexity index is 1740. The summed E-state index contributed by atoms with van der Waals surface area (Å²) in [6.07, 6.45) is 80.9. The number of likely N-dealkylation sites (N-methyl/N-ethyl adjacent to an activating group) is 1. The van der Waals surface area contributed by atoms with Gasteiger partial charge in [0.2, 0.25) is 0 Å². The Morgan fingerprint density at radius 2 is 0.750 bits per heavy atom. The number of unbranched alkanes of at least 4 members (excludes halogenated alkanes) is 17. The van der Waals surface area contributed by atoms with E-state index in [1.165, 1.54) is 70.6 Å². The lowest BCUT2D eigenvalue weighted by Crippen LogP contribution is -2.37. The number of ether oxygens (including phenoxy) is 2. The van der Waals surface area contributed by atoms with E-state index in [0.717, 1.165) is 116 Å². The predicted molar refractivity (Wildman–Crippen MR) is 325 cm³/mol. The molecule has 432 valence electrons. The minimum Gasteiger partial charge on any atom is -0.462 e. The van der Waals surface area contributed by atoms with Gasteiger partial charge in [0.25, 0.3) is 0 Å². The summed E-state index contributed by atoms with van der Waals surface area (Å²) in [5, 5.41) is 0. The molecule has 10 heteroatoms. The van der Waals surface area contributed by atoms with Crippen LogP contribution >= 0.6 is 7.82 Å². The van der Waals surface area contributed by atoms with Gasteiger partial charge in [0.1, 0.15) is 19.8 Å². The molecule has 0 aromatic rings. The lowest BCUT2D eigenvalue weighted by Gasteiger charge is -2.24. The van der Waals surface area contributed by atoms with Gasteiger partial charge >= 0.3 is 19.8 Å². The number of rotatable bonds is 53. The highest BCUT2D eigenvalue weighted by Gasteiger charge is 2.27. The zero-order valence-corrected chi connectivity index (χ0v) is 49.8. The molecule has 0 amide bonds. The summed E-state index contributed by atoms with van der Waals surface area (Å²) in [7, 11) is 1.43. The highest BCUT2D eigenvalue weighted by atomic mass is 31.2. The average Bonchev–Trinajstić information content (AvgIpc) is 3.38. The molecule has 0 aliphatic heterocycles. The van der Waals surface area contributed by atoms with E-state index in [9.17, 15) is 19.0 Å². The van der Waals surface area contributed by atoms with Crippen LogP contribution in [0.15, 0.2) is 134 Å². The molecule has 0 heterocycles. The van der Waals surface area contributed by atoms with Crippen molar-refractivity contribution >= 4 is 19.8 Å². The number of carbonyl (C=O) groups excluding carboxylic acids is 2. The number of carbonyl (C=O) groups is 2. The normalized spacial score (nSPS) is 14.2. The second kappa shape index (κ2) is 55.9. The maximum Gasteiger partial charge on any atom is 0.472 e. The Balaban J connectivity index is 4.29. The van der Waals surface area contributed by atoms with Gasteiger partial charge in [-0.05, 0) is 116 Å². The third kappa shape index (κ3) is 59.4. The minimum atomic E-state index is -4.41. The second-order valence-electron chi connectivity index (χ2n) is 20.6. The second-order valence-corrected chi connectivity index (χ2v) is 22.1. The molecule has 0 aromatic carbocycles. The van der Waals surface area contributed by atoms with E-state index in [-0.39, 0.29) is 32.0 Å². The van der Waals surface area contributed by atoms with Gasteiger partial charge in [0.15, 0.2) is 6.10 Å². The van der Waals surface area contributed by atoms with Crippen molar-refractivity contribution in [2.24, 2.45) is 0 Å². The standard InChI is InChI=1S/C66H110NO8P/c1-6-8-10-12-14-16-18-20-22-24-26-28-29-30-31-32-33-34-35-36-37-39-41-43-45-47-49-51-53-55-57-59-66(69)75-64(63-74-76(70,71)73-61-60-67(3,4)5)62-72-65(68)58-56-54-52-50-48-46-44-42-40-38-27-25-23-21-19-17-15-13-11-9-7-2/h8,10,14,16,19-22,25-28,30-31,33-34,36-37,41,43,47,49,64H,6-7,9,11-13,15,17-18,23-24,29,32,35,38-40,42,44-46,48,50-63H2,1-5H3/p+1/b10-8-,16-14-,21-19-,22-20-,27-25-,28-26-,31-30-,34-33-,37-36-,43-41-,49-47-. The van der Waals surface area contributed by atoms with Gasteiger partial charge in [0.05, 0.1) is 27.7 Å². The summed E-state index contributed by atoms with van der Waals surface area (Å²) in [5.41, 5.74) is 0. The molecule has 0 aliphatic rings. The van der Waals surface area contributed by atoms with E-state index < -0.39 is 26.5 Å². The number of hydrogen-bond donors (Lipinski definition) is 1. The molecule has 0 radical (unpaired) electrons. The molecule has 0 rings (SSSR count). The molecule has 0 bridgehead atoms. The molecule has 1 N–H and O–H groups in total. The third-order valence-electron chi connectivity index (χ3n) is 12.2. The van der Waals surface area contributed by atoms with Gasteiger partial charge in [-0.2, -0.15) is 0 Å². The summed E-state index contributed by atoms with van der Waals surface area (Å²) < 4.78 is 34.5. The van der Waals surface area contributed by atoms with Crippen molar-refractivity contribution in [2.45, 2.75) is 225 Å². The van der Waals surface area contributed by atoms with E-state index in [2.05, 4.69) is 148 Å². The summed E-state index contributed by atoms with van der Waals surface area (Å²) in [6, 6.07) is 0. The predicted octanol–water partition coefficient (Wildman–Crippen LogP) is 18.9. The Morgan fingerprint density at radius 3 is 1.13 bits per heavy atom. The third-order valence-corrected chi connectivity index (χ3v) is 13.1. The fraction of sp³-hybridized carbons (Fsp3) is 0.636. The maximum atomic E-state index is 12.8. The smallest absolute Gasteiger partial charge is 0.462 e. The fourth-order valence-electron chi connectivity index (χ4n) is 7.57. The first-order chi connectivity index (χ1) is 37.0. The Hall–Kier alpha value is -3.85. The molecular weight excluding hydrogens is 966 g/mol. The van der Waals surface area contributed by atoms with Gasteiger partial charge in [-0.15, -0.1) is 0 Å². The molecule has 0 saturated carbocycles. The van der Waals surface area contributed by atoms with E-state index >= 15 is 0 Å². The first-order valence-electron chi connectivity index (χ1n) is 29.9. The van der Waals surface area contributed by atoms with Crippen LogP contribution in [0.4, 0.5) is 0 Å². The van der Waals surface area contributed by atoms with Crippen molar-refractivity contribution in [3.05, 3.63) is 134 Å². The van der Waals surface area contributed by atoms with Crippen molar-refractivity contribution in [2.75, 3.05) is 47.5 Å². The number of hydrogen-bond acceptors (Lipinski definition) is 7. The zero-order chi connectivity index (χ0) is 55.6. The quantitative estimate of drug-likeness (QED) is 0.0211. The molecule has 76 heavy (non-hydrogen) atoms. The molecule has 0 aliphatic carbocycles. The molecule has 2 unspecified atom stereocenters. The van der Waals surface area contributed by atoms with Crippen molar-refractivity contribution in [1.82, 2.24) is 0 Å². The van der Waals surface area contributed by atoms with Crippen molar-refractivity contribution < 1.29 is 42.1 Å². The SMILES string of the molecule is CC/C=C\C/C=C\C/C=C\C/C=C\C/C=C\C/C=C\C/C=C\C/C=C\C/C=C\CCCCCC(=O)OC(COC(=O)CCCCCCCCCCC/C=C\C/C=C\CCCCCCC)COP(=O)(O)OCC[N+](C)(C)C. The number of esters is 2. The topological polar surface area (TPSA) is 108 Å². The summed E-state index contributed by atoms with van der Waals surface area (Å²) >= 11 is 0. The lowest BCUT2D eigenvalue weighted by molar-refractivity contribution is -0.870. The van der Waals surface area contributed by atoms with Gasteiger partial charge in [-0.3, -0.25) is 18.6 Å². The van der Waals surface area contributed by atoms with Crippen LogP contribution in [-0.2, 0) is 32.7 Å².